The summed E-state index contributed by atoms with van der Waals surface area (Å²) >= 11 is 8.61. The monoisotopic (exact) mass is 354 g/mol. The van der Waals surface area contributed by atoms with E-state index in [1.807, 2.05) is 31.2 Å². The third kappa shape index (κ3) is 3.02. The van der Waals surface area contributed by atoms with E-state index in [-0.39, 0.29) is 12.0 Å². The molecule has 6 heteroatoms. The summed E-state index contributed by atoms with van der Waals surface area (Å²) < 4.78 is 5.89. The van der Waals surface area contributed by atoms with Gasteiger partial charge in [0, 0.05) is 10.2 Å². The van der Waals surface area contributed by atoms with Gasteiger partial charge in [0.1, 0.15) is 0 Å². The topological polar surface area (TPSA) is 50.4 Å². The van der Waals surface area contributed by atoms with E-state index in [4.69, 9.17) is 17.0 Å². The predicted molar refractivity (Wildman–Crippen MR) is 85.1 cm³/mol. The van der Waals surface area contributed by atoms with Crippen LogP contribution in [0, 0.1) is 0 Å². The molecule has 2 rings (SSSR count). The van der Waals surface area contributed by atoms with Crippen molar-refractivity contribution in [3.05, 3.63) is 45.6 Å². The fraction of sp³-hybridized carbons (Fsp3) is 0.286. The molecule has 0 saturated carbocycles. The van der Waals surface area contributed by atoms with E-state index in [0.717, 1.165) is 15.7 Å². The van der Waals surface area contributed by atoms with E-state index < -0.39 is 0 Å². The SMILES string of the molecule is CCC1=C(C(=O)OC)C(c2ccc(Br)cc2)NC(=S)N1. The van der Waals surface area contributed by atoms with Crippen LogP contribution < -0.4 is 10.6 Å². The maximum Gasteiger partial charge on any atom is 0.337 e. The number of ether oxygens (including phenoxy) is 1. The van der Waals surface area contributed by atoms with Crippen molar-refractivity contribution in [3.63, 3.8) is 0 Å². The Labute approximate surface area is 131 Å². The van der Waals surface area contributed by atoms with Crippen molar-refractivity contribution >= 4 is 39.2 Å². The van der Waals surface area contributed by atoms with Crippen molar-refractivity contribution in [2.75, 3.05) is 7.11 Å². The number of nitrogens with one attached hydrogen (secondary N) is 2. The second-order valence-electron chi connectivity index (χ2n) is 4.32. The van der Waals surface area contributed by atoms with Crippen LogP contribution in [0.5, 0.6) is 0 Å². The number of allylic oxidation sites excluding steroid dienone is 1. The summed E-state index contributed by atoms with van der Waals surface area (Å²) in [6.07, 6.45) is 0.680. The second-order valence-corrected chi connectivity index (χ2v) is 5.64. The van der Waals surface area contributed by atoms with Crippen LogP contribution in [0.4, 0.5) is 0 Å². The number of benzene rings is 1. The van der Waals surface area contributed by atoms with Crippen molar-refractivity contribution < 1.29 is 9.53 Å². The van der Waals surface area contributed by atoms with Crippen LogP contribution in [0.2, 0.25) is 0 Å². The first-order chi connectivity index (χ1) is 9.56. The van der Waals surface area contributed by atoms with Gasteiger partial charge in [0.15, 0.2) is 5.11 Å². The Morgan fingerprint density at radius 1 is 1.40 bits per heavy atom. The summed E-state index contributed by atoms with van der Waals surface area (Å²) in [7, 11) is 1.38. The van der Waals surface area contributed by atoms with Crippen LogP contribution in [-0.4, -0.2) is 18.2 Å². The van der Waals surface area contributed by atoms with Gasteiger partial charge in [0.25, 0.3) is 0 Å². The van der Waals surface area contributed by atoms with E-state index in [2.05, 4.69) is 26.6 Å². The third-order valence-corrected chi connectivity index (χ3v) is 3.86. The number of rotatable bonds is 3. The molecule has 1 aromatic carbocycles. The highest BCUT2D eigenvalue weighted by atomic mass is 79.9. The number of hydrogen-bond acceptors (Lipinski definition) is 3. The van der Waals surface area contributed by atoms with Crippen LogP contribution >= 0.6 is 28.1 Å². The summed E-state index contributed by atoms with van der Waals surface area (Å²) in [5, 5.41) is 6.68. The highest BCUT2D eigenvalue weighted by Gasteiger charge is 2.31. The van der Waals surface area contributed by atoms with Crippen molar-refractivity contribution in [1.82, 2.24) is 10.6 Å². The number of carbonyl (C=O) groups excluding carboxylic acids is 1. The number of methoxy groups -OCH3 is 1. The van der Waals surface area contributed by atoms with Crippen molar-refractivity contribution in [2.45, 2.75) is 19.4 Å². The van der Waals surface area contributed by atoms with E-state index in [1.54, 1.807) is 0 Å². The van der Waals surface area contributed by atoms with E-state index >= 15 is 0 Å². The molecule has 0 aliphatic carbocycles. The number of thiocarbonyl (C=S) groups is 1. The normalized spacial score (nSPS) is 18.4. The van der Waals surface area contributed by atoms with Gasteiger partial charge in [0.2, 0.25) is 0 Å². The Morgan fingerprint density at radius 3 is 2.60 bits per heavy atom. The molecule has 106 valence electrons. The van der Waals surface area contributed by atoms with Crippen molar-refractivity contribution in [2.24, 2.45) is 0 Å². The fourth-order valence-electron chi connectivity index (χ4n) is 2.15. The molecule has 1 unspecified atom stereocenters. The van der Waals surface area contributed by atoms with E-state index in [9.17, 15) is 4.79 Å². The number of esters is 1. The summed E-state index contributed by atoms with van der Waals surface area (Å²) in [5.74, 6) is -0.350. The minimum atomic E-state index is -0.350. The molecule has 0 aromatic heterocycles. The zero-order chi connectivity index (χ0) is 14.7. The molecule has 20 heavy (non-hydrogen) atoms. The fourth-order valence-corrected chi connectivity index (χ4v) is 2.66. The van der Waals surface area contributed by atoms with Crippen LogP contribution in [0.3, 0.4) is 0 Å². The zero-order valence-corrected chi connectivity index (χ0v) is 13.6. The minimum absolute atomic E-state index is 0.292. The van der Waals surface area contributed by atoms with Gasteiger partial charge in [-0.05, 0) is 36.3 Å². The molecule has 1 heterocycles. The highest BCUT2D eigenvalue weighted by molar-refractivity contribution is 9.10. The second kappa shape index (κ2) is 6.37. The van der Waals surface area contributed by atoms with E-state index in [0.29, 0.717) is 17.1 Å². The molecule has 1 aromatic rings. The van der Waals surface area contributed by atoms with Gasteiger partial charge in [-0.25, -0.2) is 4.79 Å². The summed E-state index contributed by atoms with van der Waals surface area (Å²) in [4.78, 5) is 12.1. The predicted octanol–water partition coefficient (Wildman–Crippen LogP) is 2.80. The quantitative estimate of drug-likeness (QED) is 0.645. The molecule has 0 radical (unpaired) electrons. The van der Waals surface area contributed by atoms with Gasteiger partial charge in [-0.1, -0.05) is 35.0 Å². The lowest BCUT2D eigenvalue weighted by Gasteiger charge is -2.30. The maximum absolute atomic E-state index is 12.1. The average Bonchev–Trinajstić information content (AvgIpc) is 2.46. The lowest BCUT2D eigenvalue weighted by atomic mass is 9.94. The van der Waals surface area contributed by atoms with Gasteiger partial charge >= 0.3 is 5.97 Å². The van der Waals surface area contributed by atoms with Gasteiger partial charge in [-0.3, -0.25) is 0 Å². The lowest BCUT2D eigenvalue weighted by Crippen LogP contribution is -2.45. The number of carbonyl (C=O) groups is 1. The first kappa shape index (κ1) is 15.0. The van der Waals surface area contributed by atoms with Crippen LogP contribution in [0.1, 0.15) is 24.9 Å². The first-order valence-corrected chi connectivity index (χ1v) is 7.41. The average molecular weight is 355 g/mol. The standard InChI is InChI=1S/C14H15BrN2O2S/c1-3-10-11(13(18)19-2)12(17-14(20)16-10)8-4-6-9(15)7-5-8/h4-7,12H,3H2,1-2H3,(H2,16,17,20). The van der Waals surface area contributed by atoms with Gasteiger partial charge in [0.05, 0.1) is 18.7 Å². The van der Waals surface area contributed by atoms with Crippen LogP contribution in [-0.2, 0) is 9.53 Å². The maximum atomic E-state index is 12.1. The Hall–Kier alpha value is -1.40. The van der Waals surface area contributed by atoms with Gasteiger partial charge in [-0.15, -0.1) is 0 Å². The molecule has 1 aliphatic rings. The molecular weight excluding hydrogens is 340 g/mol. The molecule has 0 amide bonds. The Kier molecular flexibility index (Phi) is 4.77. The smallest absolute Gasteiger partial charge is 0.337 e. The molecule has 1 atom stereocenters. The zero-order valence-electron chi connectivity index (χ0n) is 11.2. The molecule has 0 fully saturated rings. The van der Waals surface area contributed by atoms with Crippen molar-refractivity contribution in [3.8, 4) is 0 Å². The minimum Gasteiger partial charge on any atom is -0.466 e. The number of hydrogen-bond donors (Lipinski definition) is 2. The summed E-state index contributed by atoms with van der Waals surface area (Å²) in [6.45, 7) is 1.97. The third-order valence-electron chi connectivity index (χ3n) is 3.12. The largest absolute Gasteiger partial charge is 0.466 e. The Bertz CT molecular complexity index is 569. The first-order valence-electron chi connectivity index (χ1n) is 6.21. The van der Waals surface area contributed by atoms with E-state index in [1.165, 1.54) is 7.11 Å². The summed E-state index contributed by atoms with van der Waals surface area (Å²) in [6, 6.07) is 7.47. The molecule has 0 bridgehead atoms. The van der Waals surface area contributed by atoms with Crippen LogP contribution in [0.15, 0.2) is 40.0 Å². The Morgan fingerprint density at radius 2 is 2.05 bits per heavy atom. The molecule has 0 spiro atoms. The molecule has 2 N–H and O–H groups in total. The molecular formula is C14H15BrN2O2S. The molecule has 4 nitrogen and oxygen atoms in total. The Balaban J connectivity index is 2.49. The highest BCUT2D eigenvalue weighted by Crippen LogP contribution is 2.29. The lowest BCUT2D eigenvalue weighted by molar-refractivity contribution is -0.136. The van der Waals surface area contributed by atoms with Crippen molar-refractivity contribution in [1.29, 1.82) is 0 Å². The summed E-state index contributed by atoms with van der Waals surface area (Å²) in [5.41, 5.74) is 2.34. The van der Waals surface area contributed by atoms with Gasteiger partial charge in [-0.2, -0.15) is 0 Å². The molecule has 1 aliphatic heterocycles. The molecule has 0 saturated heterocycles. The van der Waals surface area contributed by atoms with Gasteiger partial charge < -0.3 is 15.4 Å². The number of halogens is 1. The van der Waals surface area contributed by atoms with Crippen LogP contribution in [0.25, 0.3) is 0 Å².